The summed E-state index contributed by atoms with van der Waals surface area (Å²) in [6.07, 6.45) is 0. The summed E-state index contributed by atoms with van der Waals surface area (Å²) in [4.78, 5) is 8.59. The molecule has 0 aromatic carbocycles. The summed E-state index contributed by atoms with van der Waals surface area (Å²) in [5, 5.41) is 14.5. The van der Waals surface area contributed by atoms with Crippen LogP contribution >= 0.6 is 0 Å². The molecule has 3 N–H and O–H groups in total. The molecular formula is CH3N5O2. The van der Waals surface area contributed by atoms with Crippen LogP contribution in [0, 0.1) is 15.6 Å². The van der Waals surface area contributed by atoms with Gasteiger partial charge in [0.2, 0.25) is 0 Å². The van der Waals surface area contributed by atoms with Crippen molar-refractivity contribution in [3.8, 4) is 0 Å². The van der Waals surface area contributed by atoms with Crippen LogP contribution in [0.4, 0.5) is 0 Å². The van der Waals surface area contributed by atoms with Crippen LogP contribution in [-0.4, -0.2) is 10.9 Å². The van der Waals surface area contributed by atoms with Crippen LogP contribution in [0.5, 0.6) is 0 Å². The smallest absolute Gasteiger partial charge is 0.390 e. The van der Waals surface area contributed by atoms with Gasteiger partial charge in [0, 0.05) is 10.2 Å². The molecule has 0 unspecified atom stereocenters. The highest BCUT2D eigenvalue weighted by molar-refractivity contribution is 5.70. The number of hydrogen-bond donors (Lipinski definition) is 2. The number of guanidine groups is 1. The van der Waals surface area contributed by atoms with Crippen LogP contribution in [0.3, 0.4) is 0 Å². The standard InChI is InChI=1S/CH3N5O2/c2-4-1(5-3)6(7)8/h2H,3H2/b4-2?,5-1-. The predicted octanol–water partition coefficient (Wildman–Crippen LogP) is -0.476. The van der Waals surface area contributed by atoms with Crippen molar-refractivity contribution in [3.05, 3.63) is 10.1 Å². The Balaban J connectivity index is 4.13. The van der Waals surface area contributed by atoms with Gasteiger partial charge in [-0.2, -0.15) is 0 Å². The van der Waals surface area contributed by atoms with E-state index in [0.29, 0.717) is 0 Å². The number of rotatable bonds is 0. The summed E-state index contributed by atoms with van der Waals surface area (Å²) >= 11 is 0. The fourth-order valence-electron chi connectivity index (χ4n) is 0.117. The molecule has 0 aromatic rings. The number of hydrazone groups is 1. The van der Waals surface area contributed by atoms with Crippen molar-refractivity contribution < 1.29 is 4.92 Å². The molecule has 0 saturated heterocycles. The lowest BCUT2D eigenvalue weighted by Crippen LogP contribution is -2.09. The van der Waals surface area contributed by atoms with Gasteiger partial charge in [0.05, 0.1) is 0 Å². The van der Waals surface area contributed by atoms with E-state index in [2.05, 4.69) is 16.1 Å². The SMILES string of the molecule is N=N/C(=N/N)[N+](=O)[O-]. The molecule has 0 aliphatic heterocycles. The van der Waals surface area contributed by atoms with E-state index < -0.39 is 10.9 Å². The van der Waals surface area contributed by atoms with Gasteiger partial charge < -0.3 is 10.1 Å². The molecule has 0 aliphatic carbocycles. The second-order valence-corrected chi connectivity index (χ2v) is 0.798. The zero-order valence-electron chi connectivity index (χ0n) is 3.74. The van der Waals surface area contributed by atoms with E-state index >= 15 is 0 Å². The second kappa shape index (κ2) is 2.61. The van der Waals surface area contributed by atoms with E-state index in [0.717, 1.165) is 0 Å². The highest BCUT2D eigenvalue weighted by Crippen LogP contribution is 1.75. The first-order valence-electron chi connectivity index (χ1n) is 1.52. The number of nitro groups is 1. The molecule has 7 nitrogen and oxygen atoms in total. The van der Waals surface area contributed by atoms with Gasteiger partial charge >= 0.3 is 5.96 Å². The summed E-state index contributed by atoms with van der Waals surface area (Å²) in [5.41, 5.74) is 6.06. The van der Waals surface area contributed by atoms with Crippen LogP contribution in [0.2, 0.25) is 0 Å². The third-order valence-electron chi connectivity index (χ3n) is 0.379. The normalized spacial score (nSPS) is 10.8. The van der Waals surface area contributed by atoms with Gasteiger partial charge in [-0.1, -0.05) is 0 Å². The van der Waals surface area contributed by atoms with Crippen molar-refractivity contribution in [2.24, 2.45) is 16.1 Å². The van der Waals surface area contributed by atoms with Crippen molar-refractivity contribution >= 4 is 5.96 Å². The van der Waals surface area contributed by atoms with Gasteiger partial charge in [-0.3, -0.25) is 5.84 Å². The van der Waals surface area contributed by atoms with Crippen LogP contribution in [0.25, 0.3) is 0 Å². The van der Waals surface area contributed by atoms with Gasteiger partial charge in [0.1, 0.15) is 0 Å². The van der Waals surface area contributed by atoms with Crippen molar-refractivity contribution in [1.82, 2.24) is 0 Å². The average Bonchev–Trinajstić information content (AvgIpc) is 1.69. The Bertz CT molecular complexity index is 137. The maximum atomic E-state index is 9.54. The predicted molar refractivity (Wildman–Crippen MR) is 23.8 cm³/mol. The Labute approximate surface area is 43.8 Å². The lowest BCUT2D eigenvalue weighted by molar-refractivity contribution is -0.353. The summed E-state index contributed by atoms with van der Waals surface area (Å²) in [6.45, 7) is 0. The number of nitrogens with zero attached hydrogens (tertiary/aromatic N) is 3. The summed E-state index contributed by atoms with van der Waals surface area (Å²) in [7, 11) is 0. The molecule has 8 heavy (non-hydrogen) atoms. The number of nitrogens with one attached hydrogen (secondary N) is 1. The van der Waals surface area contributed by atoms with Crippen molar-refractivity contribution in [2.75, 3.05) is 0 Å². The molecule has 0 amide bonds. The molecule has 0 saturated carbocycles. The molecule has 0 rings (SSSR count). The zero-order valence-corrected chi connectivity index (χ0v) is 3.74. The lowest BCUT2D eigenvalue weighted by atomic mass is 11.1. The van der Waals surface area contributed by atoms with Crippen LogP contribution < -0.4 is 5.84 Å². The van der Waals surface area contributed by atoms with Gasteiger partial charge in [0.25, 0.3) is 0 Å². The van der Waals surface area contributed by atoms with Gasteiger partial charge in [-0.15, -0.1) is 5.53 Å². The largest absolute Gasteiger partial charge is 0.510 e. The maximum absolute atomic E-state index is 9.54. The van der Waals surface area contributed by atoms with Gasteiger partial charge in [0.15, 0.2) is 0 Å². The Hall–Kier alpha value is -1.53. The Morgan fingerprint density at radius 2 is 2.38 bits per heavy atom. The quantitative estimate of drug-likeness (QED) is 0.111. The van der Waals surface area contributed by atoms with Crippen molar-refractivity contribution in [2.45, 2.75) is 0 Å². The Kier molecular flexibility index (Phi) is 2.11. The first kappa shape index (κ1) is 6.47. The molecule has 0 aromatic heterocycles. The Morgan fingerprint density at radius 3 is 2.38 bits per heavy atom. The molecule has 44 valence electrons. The van der Waals surface area contributed by atoms with E-state index in [1.165, 1.54) is 0 Å². The molecule has 0 aliphatic rings. The molecule has 0 atom stereocenters. The average molecular weight is 117 g/mol. The summed E-state index contributed by atoms with van der Waals surface area (Å²) in [6, 6.07) is 0. The summed E-state index contributed by atoms with van der Waals surface area (Å²) in [5.74, 6) is 3.52. The monoisotopic (exact) mass is 117 g/mol. The maximum Gasteiger partial charge on any atom is 0.510 e. The Morgan fingerprint density at radius 1 is 1.88 bits per heavy atom. The first-order chi connectivity index (χ1) is 3.72. The fraction of sp³-hybridized carbons (Fsp3) is 0. The minimum Gasteiger partial charge on any atom is -0.390 e. The van der Waals surface area contributed by atoms with E-state index in [9.17, 15) is 10.1 Å². The minimum absolute atomic E-state index is 0.898. The highest BCUT2D eigenvalue weighted by atomic mass is 16.6. The van der Waals surface area contributed by atoms with Gasteiger partial charge in [-0.05, 0) is 4.92 Å². The number of hydrogen-bond acceptors (Lipinski definition) is 5. The van der Waals surface area contributed by atoms with Crippen LogP contribution in [0.15, 0.2) is 10.2 Å². The zero-order chi connectivity index (χ0) is 6.57. The molecule has 0 spiro atoms. The van der Waals surface area contributed by atoms with Crippen molar-refractivity contribution in [1.29, 1.82) is 5.53 Å². The molecule has 7 heteroatoms. The summed E-state index contributed by atoms with van der Waals surface area (Å²) < 4.78 is 0. The third-order valence-corrected chi connectivity index (χ3v) is 0.379. The minimum atomic E-state index is -0.951. The lowest BCUT2D eigenvalue weighted by Gasteiger charge is -1.84. The second-order valence-electron chi connectivity index (χ2n) is 0.798. The molecular weight excluding hydrogens is 114 g/mol. The third kappa shape index (κ3) is 1.29. The van der Waals surface area contributed by atoms with E-state index in [4.69, 9.17) is 5.53 Å². The molecule has 0 heterocycles. The molecule has 0 radical (unpaired) electrons. The topological polar surface area (TPSA) is 118 Å². The van der Waals surface area contributed by atoms with E-state index in [1.807, 2.05) is 0 Å². The van der Waals surface area contributed by atoms with Crippen LogP contribution in [-0.2, 0) is 0 Å². The number of nitrogens with two attached hydrogens (primary N) is 1. The molecule has 0 bridgehead atoms. The highest BCUT2D eigenvalue weighted by Gasteiger charge is 2.06. The fourth-order valence-corrected chi connectivity index (χ4v) is 0.117. The van der Waals surface area contributed by atoms with Gasteiger partial charge in [-0.25, -0.2) is 0 Å². The van der Waals surface area contributed by atoms with Crippen LogP contribution in [0.1, 0.15) is 0 Å². The van der Waals surface area contributed by atoms with E-state index in [1.54, 1.807) is 0 Å². The molecule has 0 fully saturated rings. The van der Waals surface area contributed by atoms with Crippen molar-refractivity contribution in [3.63, 3.8) is 0 Å². The van der Waals surface area contributed by atoms with E-state index in [-0.39, 0.29) is 0 Å². The first-order valence-corrected chi connectivity index (χ1v) is 1.52.